The Morgan fingerprint density at radius 1 is 1.24 bits per heavy atom. The second-order valence-electron chi connectivity index (χ2n) is 5.69. The van der Waals surface area contributed by atoms with E-state index in [1.165, 1.54) is 0 Å². The first-order valence-corrected chi connectivity index (χ1v) is 7.57. The van der Waals surface area contributed by atoms with Crippen molar-refractivity contribution in [2.75, 3.05) is 0 Å². The molecule has 1 aliphatic heterocycles. The van der Waals surface area contributed by atoms with Gasteiger partial charge in [0.05, 0.1) is 0 Å². The number of ether oxygens (including phenoxy) is 1. The summed E-state index contributed by atoms with van der Waals surface area (Å²) < 4.78 is 5.70. The van der Waals surface area contributed by atoms with Crippen LogP contribution in [0.15, 0.2) is 48.5 Å². The van der Waals surface area contributed by atoms with E-state index in [2.05, 4.69) is 13.8 Å². The molecule has 0 fully saturated rings. The van der Waals surface area contributed by atoms with E-state index >= 15 is 0 Å². The van der Waals surface area contributed by atoms with Gasteiger partial charge in [0.2, 0.25) is 0 Å². The van der Waals surface area contributed by atoms with Crippen LogP contribution in [0, 0.1) is 0 Å². The fourth-order valence-corrected chi connectivity index (χ4v) is 3.03. The van der Waals surface area contributed by atoms with Gasteiger partial charge in [-0.3, -0.25) is 4.79 Å². The molecule has 0 saturated carbocycles. The van der Waals surface area contributed by atoms with Gasteiger partial charge in [0.1, 0.15) is 11.9 Å². The lowest BCUT2D eigenvalue weighted by Crippen LogP contribution is -2.12. The third kappa shape index (κ3) is 2.71. The number of hydrogen-bond donors (Lipinski definition) is 0. The SMILES string of the molecule is CCC(C(=O)c1ccc2c(c1)CC(C)O2)c1ccccc1. The maximum atomic E-state index is 12.8. The van der Waals surface area contributed by atoms with Crippen LogP contribution < -0.4 is 4.74 Å². The smallest absolute Gasteiger partial charge is 0.170 e. The maximum absolute atomic E-state index is 12.8. The van der Waals surface area contributed by atoms with Gasteiger partial charge in [0.25, 0.3) is 0 Å². The molecule has 0 amide bonds. The Hall–Kier alpha value is -2.09. The van der Waals surface area contributed by atoms with E-state index in [4.69, 9.17) is 4.74 Å². The molecule has 1 aliphatic rings. The third-order valence-corrected chi connectivity index (χ3v) is 4.11. The molecule has 0 saturated heterocycles. The Labute approximate surface area is 125 Å². The number of benzene rings is 2. The zero-order valence-corrected chi connectivity index (χ0v) is 12.5. The van der Waals surface area contributed by atoms with E-state index in [0.717, 1.165) is 35.3 Å². The molecule has 0 aromatic heterocycles. The normalized spacial score (nSPS) is 17.9. The Morgan fingerprint density at radius 3 is 2.71 bits per heavy atom. The van der Waals surface area contributed by atoms with Crippen LogP contribution >= 0.6 is 0 Å². The Balaban J connectivity index is 1.90. The number of Topliss-reactive ketones (excluding diaryl/α,β-unsaturated/α-hetero) is 1. The molecule has 1 heterocycles. The quantitative estimate of drug-likeness (QED) is 0.777. The van der Waals surface area contributed by atoms with Crippen LogP contribution in [-0.4, -0.2) is 11.9 Å². The highest BCUT2D eigenvalue weighted by Gasteiger charge is 2.24. The predicted octanol–water partition coefficient (Wildman–Crippen LogP) is 4.39. The zero-order valence-electron chi connectivity index (χ0n) is 12.5. The summed E-state index contributed by atoms with van der Waals surface area (Å²) in [6, 6.07) is 15.9. The number of ketones is 1. The lowest BCUT2D eigenvalue weighted by molar-refractivity contribution is 0.0957. The van der Waals surface area contributed by atoms with Crippen LogP contribution in [-0.2, 0) is 6.42 Å². The number of rotatable bonds is 4. The van der Waals surface area contributed by atoms with Gasteiger partial charge in [-0.1, -0.05) is 37.3 Å². The van der Waals surface area contributed by atoms with Gasteiger partial charge in [-0.15, -0.1) is 0 Å². The molecule has 2 aromatic carbocycles. The lowest BCUT2D eigenvalue weighted by atomic mass is 9.88. The summed E-state index contributed by atoms with van der Waals surface area (Å²) in [6.45, 7) is 4.12. The summed E-state index contributed by atoms with van der Waals surface area (Å²) in [5.41, 5.74) is 3.04. The van der Waals surface area contributed by atoms with Gasteiger partial charge in [-0.25, -0.2) is 0 Å². The molecule has 0 spiro atoms. The second-order valence-corrected chi connectivity index (χ2v) is 5.69. The van der Waals surface area contributed by atoms with Gasteiger partial charge in [0.15, 0.2) is 5.78 Å². The molecule has 2 unspecified atom stereocenters. The van der Waals surface area contributed by atoms with Gasteiger partial charge in [-0.05, 0) is 42.7 Å². The minimum atomic E-state index is -0.0657. The van der Waals surface area contributed by atoms with Crippen molar-refractivity contribution in [1.82, 2.24) is 0 Å². The molecule has 2 heteroatoms. The molecule has 0 aliphatic carbocycles. The first kappa shape index (κ1) is 13.9. The summed E-state index contributed by atoms with van der Waals surface area (Å²) in [7, 11) is 0. The average Bonchev–Trinajstić information content (AvgIpc) is 2.88. The Morgan fingerprint density at radius 2 is 2.00 bits per heavy atom. The van der Waals surface area contributed by atoms with Crippen molar-refractivity contribution < 1.29 is 9.53 Å². The molecule has 2 nitrogen and oxygen atoms in total. The molecule has 2 aromatic rings. The van der Waals surface area contributed by atoms with Crippen LogP contribution in [0.25, 0.3) is 0 Å². The van der Waals surface area contributed by atoms with E-state index in [-0.39, 0.29) is 17.8 Å². The van der Waals surface area contributed by atoms with E-state index < -0.39 is 0 Å². The average molecular weight is 280 g/mol. The summed E-state index contributed by atoms with van der Waals surface area (Å²) in [6.07, 6.45) is 1.91. The van der Waals surface area contributed by atoms with Crippen molar-refractivity contribution in [2.24, 2.45) is 0 Å². The monoisotopic (exact) mass is 280 g/mol. The van der Waals surface area contributed by atoms with Gasteiger partial charge < -0.3 is 4.74 Å². The molecule has 21 heavy (non-hydrogen) atoms. The molecule has 3 rings (SSSR count). The van der Waals surface area contributed by atoms with Crippen LogP contribution in [0.4, 0.5) is 0 Å². The molecule has 108 valence electrons. The van der Waals surface area contributed by atoms with Crippen LogP contribution in [0.1, 0.15) is 47.7 Å². The van der Waals surface area contributed by atoms with Crippen molar-refractivity contribution in [3.05, 3.63) is 65.2 Å². The van der Waals surface area contributed by atoms with E-state index in [1.807, 2.05) is 48.5 Å². The number of fused-ring (bicyclic) bond motifs is 1. The van der Waals surface area contributed by atoms with Crippen LogP contribution in [0.3, 0.4) is 0 Å². The van der Waals surface area contributed by atoms with E-state index in [1.54, 1.807) is 0 Å². The maximum Gasteiger partial charge on any atom is 0.170 e. The fraction of sp³-hybridized carbons (Fsp3) is 0.316. The Kier molecular flexibility index (Phi) is 3.78. The minimum Gasteiger partial charge on any atom is -0.490 e. The van der Waals surface area contributed by atoms with E-state index in [0.29, 0.717) is 0 Å². The summed E-state index contributed by atoms with van der Waals surface area (Å²) in [4.78, 5) is 12.8. The first-order valence-electron chi connectivity index (χ1n) is 7.57. The molecule has 2 atom stereocenters. The summed E-state index contributed by atoms with van der Waals surface area (Å²) >= 11 is 0. The summed E-state index contributed by atoms with van der Waals surface area (Å²) in [5.74, 6) is 1.06. The number of carbonyl (C=O) groups is 1. The second kappa shape index (κ2) is 5.72. The largest absolute Gasteiger partial charge is 0.490 e. The summed E-state index contributed by atoms with van der Waals surface area (Å²) in [5, 5.41) is 0. The Bertz CT molecular complexity index is 646. The number of carbonyl (C=O) groups excluding carboxylic acids is 1. The van der Waals surface area contributed by atoms with Gasteiger partial charge in [-0.2, -0.15) is 0 Å². The zero-order chi connectivity index (χ0) is 14.8. The fourth-order valence-electron chi connectivity index (χ4n) is 3.03. The van der Waals surface area contributed by atoms with Crippen LogP contribution in [0.2, 0.25) is 0 Å². The molecule has 0 radical (unpaired) electrons. The topological polar surface area (TPSA) is 26.3 Å². The van der Waals surface area contributed by atoms with Crippen molar-refractivity contribution in [1.29, 1.82) is 0 Å². The molecule has 0 N–H and O–H groups in total. The minimum absolute atomic E-state index is 0.0657. The third-order valence-electron chi connectivity index (χ3n) is 4.11. The highest BCUT2D eigenvalue weighted by Crippen LogP contribution is 2.31. The predicted molar refractivity (Wildman–Crippen MR) is 84.0 cm³/mol. The number of hydrogen-bond acceptors (Lipinski definition) is 2. The standard InChI is InChI=1S/C19H20O2/c1-3-17(14-7-5-4-6-8-14)19(20)15-9-10-18-16(12-15)11-13(2)21-18/h4-10,12-13,17H,3,11H2,1-2H3. The van der Waals surface area contributed by atoms with Crippen molar-refractivity contribution in [3.63, 3.8) is 0 Å². The van der Waals surface area contributed by atoms with Crippen LogP contribution in [0.5, 0.6) is 5.75 Å². The van der Waals surface area contributed by atoms with Crippen molar-refractivity contribution in [2.45, 2.75) is 38.7 Å². The molecular formula is C19H20O2. The molecule has 0 bridgehead atoms. The highest BCUT2D eigenvalue weighted by atomic mass is 16.5. The van der Waals surface area contributed by atoms with Gasteiger partial charge in [0, 0.05) is 17.9 Å². The van der Waals surface area contributed by atoms with Crippen molar-refractivity contribution >= 4 is 5.78 Å². The lowest BCUT2D eigenvalue weighted by Gasteiger charge is -2.14. The molecular weight excluding hydrogens is 260 g/mol. The van der Waals surface area contributed by atoms with Crippen molar-refractivity contribution in [3.8, 4) is 5.75 Å². The van der Waals surface area contributed by atoms with E-state index in [9.17, 15) is 4.79 Å². The van der Waals surface area contributed by atoms with Gasteiger partial charge >= 0.3 is 0 Å². The first-order chi connectivity index (χ1) is 10.2. The highest BCUT2D eigenvalue weighted by molar-refractivity contribution is 6.01.